The summed E-state index contributed by atoms with van der Waals surface area (Å²) in [5, 5.41) is 7.58. The van der Waals surface area contributed by atoms with Gasteiger partial charge in [-0.25, -0.2) is 4.98 Å². The lowest BCUT2D eigenvalue weighted by Gasteiger charge is -2.09. The topological polar surface area (TPSA) is 80.9 Å². The molecule has 3 rings (SSSR count). The minimum Gasteiger partial charge on any atom is -0.334 e. The lowest BCUT2D eigenvalue weighted by atomic mass is 10.1. The summed E-state index contributed by atoms with van der Waals surface area (Å²) in [4.78, 5) is 20.8. The van der Waals surface area contributed by atoms with Gasteiger partial charge in [0.15, 0.2) is 5.82 Å². The zero-order chi connectivity index (χ0) is 18.5. The van der Waals surface area contributed by atoms with E-state index in [0.717, 1.165) is 33.8 Å². The number of amides is 1. The molecule has 0 fully saturated rings. The van der Waals surface area contributed by atoms with Crippen LogP contribution in [0.4, 0.5) is 5.69 Å². The van der Waals surface area contributed by atoms with Crippen LogP contribution in [0.2, 0.25) is 0 Å². The zero-order valence-corrected chi connectivity index (χ0v) is 15.8. The van der Waals surface area contributed by atoms with Gasteiger partial charge >= 0.3 is 0 Å². The van der Waals surface area contributed by atoms with Crippen molar-refractivity contribution in [2.24, 2.45) is 0 Å². The molecule has 0 aliphatic carbocycles. The summed E-state index contributed by atoms with van der Waals surface area (Å²) in [5.41, 5.74) is 3.77. The Morgan fingerprint density at radius 1 is 1.23 bits per heavy atom. The van der Waals surface area contributed by atoms with E-state index >= 15 is 0 Å². The fourth-order valence-corrected chi connectivity index (χ4v) is 2.95. The average Bonchev–Trinajstić information content (AvgIpc) is 3.13. The van der Waals surface area contributed by atoms with Crippen LogP contribution in [0.1, 0.15) is 23.9 Å². The molecule has 0 aliphatic heterocycles. The van der Waals surface area contributed by atoms with Crippen LogP contribution < -0.4 is 5.32 Å². The van der Waals surface area contributed by atoms with Crippen LogP contribution in [-0.2, 0) is 11.2 Å². The molecular weight excluding hydrogens is 348 g/mol. The third-order valence-electron chi connectivity index (χ3n) is 3.79. The predicted molar refractivity (Wildman–Crippen MR) is 102 cm³/mol. The SMILES string of the molecule is CCc1noc(-c2ccc(SCC(=O)Nc3cc(C)ccc3C)nc2)n1. The van der Waals surface area contributed by atoms with Crippen molar-refractivity contribution < 1.29 is 9.32 Å². The monoisotopic (exact) mass is 368 g/mol. The van der Waals surface area contributed by atoms with E-state index in [2.05, 4.69) is 20.4 Å². The highest BCUT2D eigenvalue weighted by atomic mass is 32.2. The lowest BCUT2D eigenvalue weighted by molar-refractivity contribution is -0.113. The number of rotatable bonds is 6. The van der Waals surface area contributed by atoms with Gasteiger partial charge in [-0.1, -0.05) is 36.0 Å². The maximum atomic E-state index is 12.2. The Bertz CT molecular complexity index is 906. The zero-order valence-electron chi connectivity index (χ0n) is 14.9. The maximum Gasteiger partial charge on any atom is 0.259 e. The Kier molecular flexibility index (Phi) is 5.68. The summed E-state index contributed by atoms with van der Waals surface area (Å²) in [5.74, 6) is 1.36. The van der Waals surface area contributed by atoms with Crippen molar-refractivity contribution in [2.75, 3.05) is 11.1 Å². The molecule has 26 heavy (non-hydrogen) atoms. The summed E-state index contributed by atoms with van der Waals surface area (Å²) in [7, 11) is 0. The van der Waals surface area contributed by atoms with E-state index < -0.39 is 0 Å². The van der Waals surface area contributed by atoms with Crippen molar-refractivity contribution >= 4 is 23.4 Å². The summed E-state index contributed by atoms with van der Waals surface area (Å²) < 4.78 is 5.19. The third-order valence-corrected chi connectivity index (χ3v) is 4.73. The number of hydrogen-bond donors (Lipinski definition) is 1. The van der Waals surface area contributed by atoms with E-state index in [0.29, 0.717) is 17.5 Å². The fourth-order valence-electron chi connectivity index (χ4n) is 2.30. The number of nitrogens with zero attached hydrogens (tertiary/aromatic N) is 3. The van der Waals surface area contributed by atoms with Crippen LogP contribution in [-0.4, -0.2) is 26.8 Å². The first-order chi connectivity index (χ1) is 12.5. The number of carbonyl (C=O) groups excluding carboxylic acids is 1. The number of anilines is 1. The second-order valence-corrected chi connectivity index (χ2v) is 6.91. The number of hydrogen-bond acceptors (Lipinski definition) is 6. The van der Waals surface area contributed by atoms with E-state index in [1.54, 1.807) is 6.20 Å². The molecular formula is C19H20N4O2S. The van der Waals surface area contributed by atoms with Gasteiger partial charge in [0.25, 0.3) is 5.89 Å². The highest BCUT2D eigenvalue weighted by molar-refractivity contribution is 7.99. The molecule has 7 heteroatoms. The molecule has 2 aromatic heterocycles. The Balaban J connectivity index is 1.57. The lowest BCUT2D eigenvalue weighted by Crippen LogP contribution is -2.15. The van der Waals surface area contributed by atoms with Gasteiger partial charge in [0.1, 0.15) is 0 Å². The Labute approximate surface area is 156 Å². The van der Waals surface area contributed by atoms with Gasteiger partial charge in [0, 0.05) is 18.3 Å². The van der Waals surface area contributed by atoms with Gasteiger partial charge in [-0.05, 0) is 43.2 Å². The first-order valence-electron chi connectivity index (χ1n) is 8.34. The number of thioether (sulfide) groups is 1. The average molecular weight is 368 g/mol. The van der Waals surface area contributed by atoms with E-state index in [1.165, 1.54) is 11.8 Å². The summed E-state index contributed by atoms with van der Waals surface area (Å²) in [6, 6.07) is 9.71. The molecule has 2 heterocycles. The number of aryl methyl sites for hydroxylation is 3. The Morgan fingerprint density at radius 3 is 2.77 bits per heavy atom. The van der Waals surface area contributed by atoms with Crippen LogP contribution in [0.25, 0.3) is 11.5 Å². The van der Waals surface area contributed by atoms with E-state index in [4.69, 9.17) is 4.52 Å². The van der Waals surface area contributed by atoms with Crippen molar-refractivity contribution in [3.8, 4) is 11.5 Å². The molecule has 3 aromatic rings. The normalized spacial score (nSPS) is 10.7. The minimum absolute atomic E-state index is 0.0564. The van der Waals surface area contributed by atoms with E-state index in [1.807, 2.05) is 51.1 Å². The number of carbonyl (C=O) groups is 1. The molecule has 0 spiro atoms. The number of pyridine rings is 1. The molecule has 0 unspecified atom stereocenters. The molecule has 1 N–H and O–H groups in total. The van der Waals surface area contributed by atoms with Crippen LogP contribution in [0.15, 0.2) is 46.1 Å². The van der Waals surface area contributed by atoms with Crippen molar-refractivity contribution in [3.63, 3.8) is 0 Å². The van der Waals surface area contributed by atoms with Gasteiger partial charge < -0.3 is 9.84 Å². The second kappa shape index (κ2) is 8.14. The smallest absolute Gasteiger partial charge is 0.259 e. The van der Waals surface area contributed by atoms with Crippen molar-refractivity contribution in [1.82, 2.24) is 15.1 Å². The number of nitrogens with one attached hydrogen (secondary N) is 1. The molecule has 0 radical (unpaired) electrons. The van der Waals surface area contributed by atoms with Crippen LogP contribution in [0.3, 0.4) is 0 Å². The standard InChI is InChI=1S/C19H20N4O2S/c1-4-16-22-19(25-23-16)14-7-8-18(20-10-14)26-11-17(24)21-15-9-12(2)5-6-13(15)3/h5-10H,4,11H2,1-3H3,(H,21,24). The Hall–Kier alpha value is -2.67. The minimum atomic E-state index is -0.0564. The van der Waals surface area contributed by atoms with E-state index in [-0.39, 0.29) is 5.91 Å². The predicted octanol–water partition coefficient (Wildman–Crippen LogP) is 4.04. The molecule has 1 amide bonds. The number of aromatic nitrogens is 3. The van der Waals surface area contributed by atoms with Crippen LogP contribution >= 0.6 is 11.8 Å². The van der Waals surface area contributed by atoms with Gasteiger partial charge in [-0.2, -0.15) is 4.98 Å². The molecule has 0 bridgehead atoms. The summed E-state index contributed by atoms with van der Waals surface area (Å²) in [6.45, 7) is 5.95. The molecule has 0 saturated heterocycles. The van der Waals surface area contributed by atoms with E-state index in [9.17, 15) is 4.79 Å². The van der Waals surface area contributed by atoms with Crippen LogP contribution in [0, 0.1) is 13.8 Å². The molecule has 0 atom stereocenters. The highest BCUT2D eigenvalue weighted by Gasteiger charge is 2.10. The first-order valence-corrected chi connectivity index (χ1v) is 9.32. The summed E-state index contributed by atoms with van der Waals surface area (Å²) in [6.07, 6.45) is 2.40. The third kappa shape index (κ3) is 4.49. The largest absolute Gasteiger partial charge is 0.334 e. The molecule has 1 aromatic carbocycles. The quantitative estimate of drug-likeness (QED) is 0.661. The first kappa shape index (κ1) is 18.1. The second-order valence-electron chi connectivity index (χ2n) is 5.91. The Morgan fingerprint density at radius 2 is 2.08 bits per heavy atom. The van der Waals surface area contributed by atoms with Crippen molar-refractivity contribution in [2.45, 2.75) is 32.2 Å². The number of benzene rings is 1. The van der Waals surface area contributed by atoms with Crippen LogP contribution in [0.5, 0.6) is 0 Å². The van der Waals surface area contributed by atoms with Gasteiger partial charge in [-0.15, -0.1) is 0 Å². The fraction of sp³-hybridized carbons (Fsp3) is 0.263. The molecule has 0 saturated carbocycles. The summed E-state index contributed by atoms with van der Waals surface area (Å²) >= 11 is 1.38. The molecule has 0 aliphatic rings. The van der Waals surface area contributed by atoms with Gasteiger partial charge in [-0.3, -0.25) is 4.79 Å². The molecule has 134 valence electrons. The molecule has 6 nitrogen and oxygen atoms in total. The van der Waals surface area contributed by atoms with Crippen molar-refractivity contribution in [3.05, 3.63) is 53.5 Å². The highest BCUT2D eigenvalue weighted by Crippen LogP contribution is 2.22. The van der Waals surface area contributed by atoms with Gasteiger partial charge in [0.05, 0.1) is 16.3 Å². The maximum absolute atomic E-state index is 12.2. The van der Waals surface area contributed by atoms with Gasteiger partial charge in [0.2, 0.25) is 5.91 Å². The van der Waals surface area contributed by atoms with Crippen molar-refractivity contribution in [1.29, 1.82) is 0 Å².